The van der Waals surface area contributed by atoms with Gasteiger partial charge in [-0.15, -0.1) is 0 Å². The Morgan fingerprint density at radius 1 is 1.37 bits per heavy atom. The van der Waals surface area contributed by atoms with Crippen LogP contribution in [0, 0.1) is 11.3 Å². The van der Waals surface area contributed by atoms with E-state index in [1.165, 1.54) is 0 Å². The molecule has 0 radical (unpaired) electrons. The van der Waals surface area contributed by atoms with Crippen molar-refractivity contribution in [1.29, 1.82) is 5.26 Å². The van der Waals surface area contributed by atoms with Gasteiger partial charge in [-0.1, -0.05) is 25.5 Å². The molecule has 0 aliphatic rings. The molecule has 0 aromatic heterocycles. The van der Waals surface area contributed by atoms with Crippen LogP contribution < -0.4 is 4.72 Å². The van der Waals surface area contributed by atoms with Gasteiger partial charge in [0.2, 0.25) is 0 Å². The first-order valence-corrected chi connectivity index (χ1v) is 7.71. The zero-order chi connectivity index (χ0) is 14.5. The predicted octanol–water partition coefficient (Wildman–Crippen LogP) is 3.06. The Morgan fingerprint density at radius 3 is 2.58 bits per heavy atom. The summed E-state index contributed by atoms with van der Waals surface area (Å²) < 4.78 is 14.8. The van der Waals surface area contributed by atoms with Gasteiger partial charge in [0.15, 0.2) is 0 Å². The molecule has 1 rings (SSSR count). The Hall–Kier alpha value is -1.18. The van der Waals surface area contributed by atoms with Crippen molar-refractivity contribution in [2.24, 2.45) is 0 Å². The number of rotatable bonds is 5. The number of benzene rings is 1. The fourth-order valence-corrected chi connectivity index (χ4v) is 2.53. The number of nitriles is 1. The minimum absolute atomic E-state index is 0.280. The molecule has 4 heteroatoms. The van der Waals surface area contributed by atoms with Crippen LogP contribution in [-0.2, 0) is 24.0 Å². The second kappa shape index (κ2) is 6.83. The maximum absolute atomic E-state index is 12.0. The molecule has 0 aliphatic heterocycles. The first kappa shape index (κ1) is 15.9. The first-order valence-electron chi connectivity index (χ1n) is 6.56. The Balaban J connectivity index is 2.90. The van der Waals surface area contributed by atoms with E-state index in [0.29, 0.717) is 6.54 Å². The van der Waals surface area contributed by atoms with Crippen LogP contribution in [0.5, 0.6) is 0 Å². The van der Waals surface area contributed by atoms with Crippen molar-refractivity contribution in [3.8, 4) is 6.07 Å². The third kappa shape index (κ3) is 4.45. The van der Waals surface area contributed by atoms with E-state index in [2.05, 4.69) is 17.7 Å². The minimum atomic E-state index is -1.09. The van der Waals surface area contributed by atoms with Gasteiger partial charge in [0.25, 0.3) is 0 Å². The lowest BCUT2D eigenvalue weighted by Crippen LogP contribution is -2.33. The molecule has 1 N–H and O–H groups in total. The molecular formula is C15H22N2OS. The highest BCUT2D eigenvalue weighted by atomic mass is 32.2. The van der Waals surface area contributed by atoms with E-state index in [9.17, 15) is 4.21 Å². The lowest BCUT2D eigenvalue weighted by Gasteiger charge is -2.19. The monoisotopic (exact) mass is 278 g/mol. The van der Waals surface area contributed by atoms with Crippen molar-refractivity contribution < 1.29 is 4.21 Å². The number of nitrogens with one attached hydrogen (secondary N) is 1. The Morgan fingerprint density at radius 2 is 2.05 bits per heavy atom. The SMILES string of the molecule is CCCc1c(C#N)cccc1CNS(=O)C(C)(C)C. The summed E-state index contributed by atoms with van der Waals surface area (Å²) >= 11 is 0. The van der Waals surface area contributed by atoms with Gasteiger partial charge < -0.3 is 0 Å². The molecule has 0 bridgehead atoms. The summed E-state index contributed by atoms with van der Waals surface area (Å²) in [4.78, 5) is 0. The molecule has 0 aliphatic carbocycles. The van der Waals surface area contributed by atoms with Gasteiger partial charge in [0.1, 0.15) is 0 Å². The highest BCUT2D eigenvalue weighted by Crippen LogP contribution is 2.17. The van der Waals surface area contributed by atoms with Crippen LogP contribution in [0.4, 0.5) is 0 Å². The van der Waals surface area contributed by atoms with Gasteiger partial charge in [-0.05, 0) is 44.4 Å². The second-order valence-corrected chi connectivity index (χ2v) is 7.56. The molecule has 0 fully saturated rings. The van der Waals surface area contributed by atoms with Gasteiger partial charge in [-0.2, -0.15) is 5.26 Å². The van der Waals surface area contributed by atoms with Crippen molar-refractivity contribution in [3.05, 3.63) is 34.9 Å². The third-order valence-corrected chi connectivity index (χ3v) is 4.36. The van der Waals surface area contributed by atoms with E-state index in [1.807, 2.05) is 39.0 Å². The Labute approximate surface area is 118 Å². The lowest BCUT2D eigenvalue weighted by molar-refractivity contribution is 0.634. The number of hydrogen-bond donors (Lipinski definition) is 1. The molecular weight excluding hydrogens is 256 g/mol. The third-order valence-electron chi connectivity index (χ3n) is 2.84. The van der Waals surface area contributed by atoms with Crippen molar-refractivity contribution in [1.82, 2.24) is 4.72 Å². The summed E-state index contributed by atoms with van der Waals surface area (Å²) in [6.45, 7) is 8.45. The highest BCUT2D eigenvalue weighted by Gasteiger charge is 2.19. The molecule has 0 amide bonds. The van der Waals surface area contributed by atoms with Gasteiger partial charge in [-0.25, -0.2) is 8.93 Å². The maximum atomic E-state index is 12.0. The van der Waals surface area contributed by atoms with Crippen LogP contribution in [0.25, 0.3) is 0 Å². The van der Waals surface area contributed by atoms with E-state index < -0.39 is 11.0 Å². The second-order valence-electron chi connectivity index (χ2n) is 5.51. The van der Waals surface area contributed by atoms with Crippen molar-refractivity contribution in [2.75, 3.05) is 0 Å². The largest absolute Gasteiger partial charge is 0.242 e. The summed E-state index contributed by atoms with van der Waals surface area (Å²) in [5.74, 6) is 0. The molecule has 19 heavy (non-hydrogen) atoms. The molecule has 1 unspecified atom stereocenters. The minimum Gasteiger partial charge on any atom is -0.242 e. The summed E-state index contributed by atoms with van der Waals surface area (Å²) in [5.41, 5.74) is 2.87. The van der Waals surface area contributed by atoms with Crippen LogP contribution in [0.15, 0.2) is 18.2 Å². The summed E-state index contributed by atoms with van der Waals surface area (Å²) in [6.07, 6.45) is 1.87. The molecule has 3 nitrogen and oxygen atoms in total. The maximum Gasteiger partial charge on any atom is 0.0994 e. The van der Waals surface area contributed by atoms with E-state index in [-0.39, 0.29) is 4.75 Å². The average Bonchev–Trinajstić information content (AvgIpc) is 2.36. The normalized spacial score (nSPS) is 13.0. The fourth-order valence-electron chi connectivity index (χ4n) is 1.81. The highest BCUT2D eigenvalue weighted by molar-refractivity contribution is 7.84. The average molecular weight is 278 g/mol. The van der Waals surface area contributed by atoms with Crippen molar-refractivity contribution in [3.63, 3.8) is 0 Å². The molecule has 1 aromatic rings. The van der Waals surface area contributed by atoms with E-state index in [0.717, 1.165) is 29.5 Å². The Bertz CT molecular complexity index is 498. The first-order chi connectivity index (χ1) is 8.90. The van der Waals surface area contributed by atoms with Gasteiger partial charge >= 0.3 is 0 Å². The number of nitrogens with zero attached hydrogens (tertiary/aromatic N) is 1. The molecule has 1 atom stereocenters. The fraction of sp³-hybridized carbons (Fsp3) is 0.533. The molecule has 0 saturated carbocycles. The summed E-state index contributed by atoms with van der Waals surface area (Å²) in [7, 11) is -1.09. The number of hydrogen-bond acceptors (Lipinski definition) is 2. The smallest absolute Gasteiger partial charge is 0.0994 e. The quantitative estimate of drug-likeness (QED) is 0.900. The van der Waals surface area contributed by atoms with Crippen LogP contribution in [0.2, 0.25) is 0 Å². The van der Waals surface area contributed by atoms with Crippen LogP contribution in [-0.4, -0.2) is 8.96 Å². The zero-order valence-electron chi connectivity index (χ0n) is 12.1. The van der Waals surface area contributed by atoms with E-state index in [4.69, 9.17) is 5.26 Å². The molecule has 1 aromatic carbocycles. The standard InChI is InChI=1S/C15H22N2OS/c1-5-7-14-12(10-16)8-6-9-13(14)11-17-19(18)15(2,3)4/h6,8-9,17H,5,7,11H2,1-4H3. The van der Waals surface area contributed by atoms with Crippen LogP contribution in [0.3, 0.4) is 0 Å². The Kier molecular flexibility index (Phi) is 5.71. The molecule has 0 spiro atoms. The molecule has 0 saturated heterocycles. The summed E-state index contributed by atoms with van der Waals surface area (Å²) in [6, 6.07) is 7.96. The van der Waals surface area contributed by atoms with Gasteiger partial charge in [0.05, 0.1) is 27.4 Å². The molecule has 0 heterocycles. The van der Waals surface area contributed by atoms with Crippen LogP contribution in [0.1, 0.15) is 50.8 Å². The molecule has 104 valence electrons. The zero-order valence-corrected chi connectivity index (χ0v) is 12.9. The van der Waals surface area contributed by atoms with Crippen molar-refractivity contribution in [2.45, 2.75) is 51.8 Å². The van der Waals surface area contributed by atoms with E-state index >= 15 is 0 Å². The lowest BCUT2D eigenvalue weighted by atomic mass is 9.98. The van der Waals surface area contributed by atoms with Gasteiger partial charge in [0, 0.05) is 6.54 Å². The van der Waals surface area contributed by atoms with Crippen molar-refractivity contribution >= 4 is 11.0 Å². The van der Waals surface area contributed by atoms with Gasteiger partial charge in [-0.3, -0.25) is 0 Å². The predicted molar refractivity (Wildman–Crippen MR) is 79.9 cm³/mol. The van der Waals surface area contributed by atoms with E-state index in [1.54, 1.807) is 0 Å². The summed E-state index contributed by atoms with van der Waals surface area (Å²) in [5, 5.41) is 9.15. The topological polar surface area (TPSA) is 52.9 Å². The van der Waals surface area contributed by atoms with Crippen LogP contribution >= 0.6 is 0 Å².